The summed E-state index contributed by atoms with van der Waals surface area (Å²) < 4.78 is 0. The van der Waals surface area contributed by atoms with Crippen molar-refractivity contribution in [3.8, 4) is 22.0 Å². The fraction of sp³-hybridized carbons (Fsp3) is 0.120. The largest absolute Gasteiger partial charge is 0.479 e. The van der Waals surface area contributed by atoms with Crippen LogP contribution in [0.5, 0.6) is 0 Å². The quantitative estimate of drug-likeness (QED) is 0.371. The number of aromatic nitrogens is 2. The Kier molecular flexibility index (Phi) is 6.87. The Bertz CT molecular complexity index is 1240. The number of aliphatic hydroxyl groups excluding tert-OH is 1. The first kappa shape index (κ1) is 22.3. The van der Waals surface area contributed by atoms with Gasteiger partial charge in [-0.25, -0.2) is 9.78 Å². The van der Waals surface area contributed by atoms with Crippen molar-refractivity contribution < 1.29 is 19.8 Å². The van der Waals surface area contributed by atoms with E-state index in [0.29, 0.717) is 11.4 Å². The summed E-state index contributed by atoms with van der Waals surface area (Å²) in [5.74, 6) is -1.94. The predicted octanol–water partition coefficient (Wildman–Crippen LogP) is 3.66. The SMILES string of the molecule is O=C(NC(Cc1ccccc1)C(O)C(=O)O)c1cccnc1-c1csc(-c2ccccc2)n1. The molecule has 0 aliphatic carbocycles. The molecule has 0 saturated heterocycles. The van der Waals surface area contributed by atoms with Crippen molar-refractivity contribution in [3.05, 3.63) is 95.5 Å². The minimum Gasteiger partial charge on any atom is -0.479 e. The summed E-state index contributed by atoms with van der Waals surface area (Å²) in [6.07, 6.45) is -0.0377. The summed E-state index contributed by atoms with van der Waals surface area (Å²) in [7, 11) is 0. The maximum Gasteiger partial charge on any atom is 0.334 e. The highest BCUT2D eigenvalue weighted by Gasteiger charge is 2.29. The molecule has 4 rings (SSSR count). The molecule has 166 valence electrons. The molecule has 0 aliphatic heterocycles. The van der Waals surface area contributed by atoms with E-state index in [1.807, 2.05) is 66.0 Å². The van der Waals surface area contributed by atoms with Crippen molar-refractivity contribution in [2.75, 3.05) is 0 Å². The van der Waals surface area contributed by atoms with Crippen LogP contribution in [0, 0.1) is 0 Å². The van der Waals surface area contributed by atoms with Gasteiger partial charge in [-0.1, -0.05) is 60.7 Å². The van der Waals surface area contributed by atoms with Crippen LogP contribution in [0.1, 0.15) is 15.9 Å². The lowest BCUT2D eigenvalue weighted by Gasteiger charge is -2.22. The van der Waals surface area contributed by atoms with Gasteiger partial charge in [0.1, 0.15) is 16.4 Å². The number of carbonyl (C=O) groups is 2. The van der Waals surface area contributed by atoms with E-state index in [9.17, 15) is 19.8 Å². The molecule has 0 fully saturated rings. The van der Waals surface area contributed by atoms with E-state index in [1.54, 1.807) is 18.3 Å². The molecule has 2 aromatic heterocycles. The van der Waals surface area contributed by atoms with E-state index >= 15 is 0 Å². The van der Waals surface area contributed by atoms with Gasteiger partial charge in [-0.3, -0.25) is 9.78 Å². The lowest BCUT2D eigenvalue weighted by molar-refractivity contribution is -0.148. The Balaban J connectivity index is 1.61. The Hall–Kier alpha value is -3.88. The molecule has 2 aromatic carbocycles. The average molecular weight is 460 g/mol. The molecule has 4 aromatic rings. The van der Waals surface area contributed by atoms with Crippen LogP contribution in [0.2, 0.25) is 0 Å². The third-order valence-electron chi connectivity index (χ3n) is 5.07. The number of nitrogens with one attached hydrogen (secondary N) is 1. The van der Waals surface area contributed by atoms with E-state index in [4.69, 9.17) is 0 Å². The molecule has 2 atom stereocenters. The number of hydrogen-bond acceptors (Lipinski definition) is 6. The number of pyridine rings is 1. The van der Waals surface area contributed by atoms with Gasteiger partial charge >= 0.3 is 5.97 Å². The molecule has 33 heavy (non-hydrogen) atoms. The first-order valence-corrected chi connectivity index (χ1v) is 11.1. The molecule has 7 nitrogen and oxygen atoms in total. The number of hydrogen-bond donors (Lipinski definition) is 3. The van der Waals surface area contributed by atoms with Crippen LogP contribution in [0.15, 0.2) is 84.4 Å². The van der Waals surface area contributed by atoms with E-state index in [2.05, 4.69) is 15.3 Å². The highest BCUT2D eigenvalue weighted by atomic mass is 32.1. The summed E-state index contributed by atoms with van der Waals surface area (Å²) in [5.41, 5.74) is 2.93. The summed E-state index contributed by atoms with van der Waals surface area (Å²) in [6, 6.07) is 21.0. The van der Waals surface area contributed by atoms with Crippen molar-refractivity contribution in [2.45, 2.75) is 18.6 Å². The predicted molar refractivity (Wildman–Crippen MR) is 126 cm³/mol. The Labute approximate surface area is 194 Å². The van der Waals surface area contributed by atoms with Crippen LogP contribution in [-0.4, -0.2) is 44.2 Å². The van der Waals surface area contributed by atoms with E-state index in [-0.39, 0.29) is 12.0 Å². The van der Waals surface area contributed by atoms with E-state index in [1.165, 1.54) is 11.3 Å². The zero-order chi connectivity index (χ0) is 23.2. The zero-order valence-corrected chi connectivity index (χ0v) is 18.3. The topological polar surface area (TPSA) is 112 Å². The minimum atomic E-state index is -1.77. The van der Waals surface area contributed by atoms with E-state index in [0.717, 1.165) is 16.1 Å². The number of nitrogens with zero attached hydrogens (tertiary/aromatic N) is 2. The molecule has 8 heteroatoms. The molecule has 0 bridgehead atoms. The smallest absolute Gasteiger partial charge is 0.334 e. The van der Waals surface area contributed by atoms with Gasteiger partial charge in [0.15, 0.2) is 6.10 Å². The van der Waals surface area contributed by atoms with Crippen LogP contribution in [0.4, 0.5) is 0 Å². The van der Waals surface area contributed by atoms with Crippen molar-refractivity contribution in [1.29, 1.82) is 0 Å². The second kappa shape index (κ2) is 10.2. The van der Waals surface area contributed by atoms with Crippen molar-refractivity contribution in [1.82, 2.24) is 15.3 Å². The number of carboxylic acids is 1. The minimum absolute atomic E-state index is 0.157. The molecule has 1 amide bonds. The molecule has 2 heterocycles. The van der Waals surface area contributed by atoms with Crippen LogP contribution < -0.4 is 5.32 Å². The number of thiazole rings is 1. The van der Waals surface area contributed by atoms with Gasteiger partial charge in [-0.05, 0) is 24.1 Å². The van der Waals surface area contributed by atoms with Crippen LogP contribution in [0.25, 0.3) is 22.0 Å². The highest BCUT2D eigenvalue weighted by Crippen LogP contribution is 2.29. The number of carboxylic acid groups (broad SMARTS) is 1. The van der Waals surface area contributed by atoms with Gasteiger partial charge in [-0.2, -0.15) is 0 Å². The molecule has 2 unspecified atom stereocenters. The number of benzene rings is 2. The average Bonchev–Trinajstić information content (AvgIpc) is 3.34. The summed E-state index contributed by atoms with van der Waals surface area (Å²) in [5, 5.41) is 24.9. The zero-order valence-electron chi connectivity index (χ0n) is 17.5. The molecular formula is C25H21N3O4S. The van der Waals surface area contributed by atoms with Gasteiger partial charge in [0.25, 0.3) is 5.91 Å². The van der Waals surface area contributed by atoms with Gasteiger partial charge < -0.3 is 15.5 Å². The second-order valence-corrected chi connectivity index (χ2v) is 8.21. The standard InChI is InChI=1S/C25H21N3O4S/c29-22(25(31)32)19(14-16-8-3-1-4-9-16)27-23(30)18-12-7-13-26-21(18)20-15-33-24(28-20)17-10-5-2-6-11-17/h1-13,15,19,22,29H,14H2,(H,27,30)(H,31,32). The lowest BCUT2D eigenvalue weighted by atomic mass is 10.0. The van der Waals surface area contributed by atoms with Crippen molar-refractivity contribution in [3.63, 3.8) is 0 Å². The molecular weight excluding hydrogens is 438 g/mol. The molecule has 0 saturated carbocycles. The number of aliphatic hydroxyl groups is 1. The van der Waals surface area contributed by atoms with Crippen molar-refractivity contribution in [2.24, 2.45) is 0 Å². The van der Waals surface area contributed by atoms with Crippen LogP contribution >= 0.6 is 11.3 Å². The summed E-state index contributed by atoms with van der Waals surface area (Å²) in [6.45, 7) is 0. The molecule has 0 radical (unpaired) electrons. The molecule has 3 N–H and O–H groups in total. The Morgan fingerprint density at radius 1 is 0.970 bits per heavy atom. The van der Waals surface area contributed by atoms with Gasteiger partial charge in [-0.15, -0.1) is 11.3 Å². The Morgan fingerprint density at radius 3 is 2.36 bits per heavy atom. The maximum atomic E-state index is 13.2. The summed E-state index contributed by atoms with van der Waals surface area (Å²) in [4.78, 5) is 33.6. The van der Waals surface area contributed by atoms with Crippen molar-refractivity contribution >= 4 is 23.2 Å². The third kappa shape index (κ3) is 5.31. The number of aliphatic carboxylic acids is 1. The molecule has 0 spiro atoms. The normalized spacial score (nSPS) is 12.6. The number of rotatable bonds is 8. The van der Waals surface area contributed by atoms with Gasteiger partial charge in [0.2, 0.25) is 0 Å². The fourth-order valence-corrected chi connectivity index (χ4v) is 4.23. The fourth-order valence-electron chi connectivity index (χ4n) is 3.42. The van der Waals surface area contributed by atoms with Crippen LogP contribution in [0.3, 0.4) is 0 Å². The van der Waals surface area contributed by atoms with Crippen LogP contribution in [-0.2, 0) is 11.2 Å². The highest BCUT2D eigenvalue weighted by molar-refractivity contribution is 7.13. The summed E-state index contributed by atoms with van der Waals surface area (Å²) >= 11 is 1.44. The van der Waals surface area contributed by atoms with E-state index < -0.39 is 24.0 Å². The first-order valence-electron chi connectivity index (χ1n) is 10.2. The monoisotopic (exact) mass is 459 g/mol. The first-order chi connectivity index (χ1) is 16.0. The Morgan fingerprint density at radius 2 is 1.67 bits per heavy atom. The number of carbonyl (C=O) groups excluding carboxylic acids is 1. The van der Waals surface area contributed by atoms with Gasteiger partial charge in [0, 0.05) is 17.1 Å². The lowest BCUT2D eigenvalue weighted by Crippen LogP contribution is -2.48. The van der Waals surface area contributed by atoms with Gasteiger partial charge in [0.05, 0.1) is 11.6 Å². The number of amides is 1. The molecule has 0 aliphatic rings. The third-order valence-corrected chi connectivity index (χ3v) is 5.96. The maximum absolute atomic E-state index is 13.2. The second-order valence-electron chi connectivity index (χ2n) is 7.36.